The third-order valence-corrected chi connectivity index (χ3v) is 4.20. The minimum absolute atomic E-state index is 0.559. The summed E-state index contributed by atoms with van der Waals surface area (Å²) in [7, 11) is 8.23. The predicted molar refractivity (Wildman–Crippen MR) is 110 cm³/mol. The third kappa shape index (κ3) is 5.79. The molecule has 0 atom stereocenters. The lowest BCUT2D eigenvalue weighted by molar-refractivity contribution is 0.185. The Morgan fingerprint density at radius 3 is 1.79 bits per heavy atom. The molecule has 7 nitrogen and oxygen atoms in total. The number of guanidine groups is 1. The molecule has 0 bridgehead atoms. The molecule has 0 amide bonds. The van der Waals surface area contributed by atoms with Gasteiger partial charge < -0.3 is 29.6 Å². The van der Waals surface area contributed by atoms with Gasteiger partial charge in [0.1, 0.15) is 0 Å². The maximum Gasteiger partial charge on any atom is 0.203 e. The van der Waals surface area contributed by atoms with Crippen LogP contribution in [0.3, 0.4) is 0 Å². The van der Waals surface area contributed by atoms with Gasteiger partial charge in [-0.2, -0.15) is 0 Å². The fourth-order valence-electron chi connectivity index (χ4n) is 2.75. The first-order chi connectivity index (χ1) is 13.6. The quantitative estimate of drug-likeness (QED) is 0.509. The molecule has 2 aromatic rings. The second kappa shape index (κ2) is 11.0. The molecule has 7 heteroatoms. The Morgan fingerprint density at radius 1 is 0.786 bits per heavy atom. The number of nitrogens with zero attached hydrogens (tertiary/aromatic N) is 1. The first kappa shape index (κ1) is 21.4. The van der Waals surface area contributed by atoms with Crippen molar-refractivity contribution < 1.29 is 18.9 Å². The second-order valence-corrected chi connectivity index (χ2v) is 6.06. The lowest BCUT2D eigenvalue weighted by Crippen LogP contribution is -2.36. The fraction of sp³-hybridized carbons (Fsp3) is 0.381. The Bertz CT molecular complexity index is 751. The molecular formula is C21H29N3O4. The molecule has 2 N–H and O–H groups in total. The summed E-state index contributed by atoms with van der Waals surface area (Å²) in [6.45, 7) is 1.84. The van der Waals surface area contributed by atoms with Gasteiger partial charge in [0.15, 0.2) is 17.5 Å². The standard InChI is InChI=1S/C21H29N3O4/c1-22-21(23-12-15-6-8-16(9-7-15)14-25-2)24-13-17-10-18(26-3)20(28-5)19(11-17)27-4/h6-11H,12-14H2,1-5H3,(H2,22,23,24). The largest absolute Gasteiger partial charge is 0.493 e. The monoisotopic (exact) mass is 387 g/mol. The number of nitrogens with one attached hydrogen (secondary N) is 2. The highest BCUT2D eigenvalue weighted by Crippen LogP contribution is 2.38. The lowest BCUT2D eigenvalue weighted by Gasteiger charge is -2.16. The molecule has 0 aliphatic heterocycles. The van der Waals surface area contributed by atoms with Crippen molar-refractivity contribution in [3.8, 4) is 17.2 Å². The Kier molecular flexibility index (Phi) is 8.42. The molecule has 28 heavy (non-hydrogen) atoms. The topological polar surface area (TPSA) is 73.3 Å². The van der Waals surface area contributed by atoms with Crippen LogP contribution in [0.4, 0.5) is 0 Å². The highest BCUT2D eigenvalue weighted by atomic mass is 16.5. The Labute approximate surface area is 166 Å². The van der Waals surface area contributed by atoms with Crippen LogP contribution in [0, 0.1) is 0 Å². The zero-order valence-electron chi connectivity index (χ0n) is 17.2. The number of benzene rings is 2. The molecule has 152 valence electrons. The van der Waals surface area contributed by atoms with Crippen LogP contribution in [0.2, 0.25) is 0 Å². The van der Waals surface area contributed by atoms with E-state index < -0.39 is 0 Å². The Hall–Kier alpha value is -2.93. The maximum absolute atomic E-state index is 5.40. The van der Waals surface area contributed by atoms with E-state index in [9.17, 15) is 0 Å². The summed E-state index contributed by atoms with van der Waals surface area (Å²) in [5.74, 6) is 2.53. The summed E-state index contributed by atoms with van der Waals surface area (Å²) in [6, 6.07) is 12.1. The molecule has 0 saturated heterocycles. The minimum atomic E-state index is 0.559. The van der Waals surface area contributed by atoms with Gasteiger partial charge in [-0.1, -0.05) is 24.3 Å². The van der Waals surface area contributed by atoms with Crippen molar-refractivity contribution in [3.05, 3.63) is 53.1 Å². The van der Waals surface area contributed by atoms with Gasteiger partial charge >= 0.3 is 0 Å². The highest BCUT2D eigenvalue weighted by molar-refractivity contribution is 5.79. The highest BCUT2D eigenvalue weighted by Gasteiger charge is 2.13. The first-order valence-corrected chi connectivity index (χ1v) is 8.95. The van der Waals surface area contributed by atoms with Crippen molar-refractivity contribution in [1.82, 2.24) is 10.6 Å². The molecule has 0 aliphatic carbocycles. The molecular weight excluding hydrogens is 358 g/mol. The average Bonchev–Trinajstić information content (AvgIpc) is 2.74. The average molecular weight is 387 g/mol. The number of methoxy groups -OCH3 is 4. The number of hydrogen-bond donors (Lipinski definition) is 2. The normalized spacial score (nSPS) is 11.1. The van der Waals surface area contributed by atoms with Gasteiger partial charge in [0, 0.05) is 27.2 Å². The Morgan fingerprint density at radius 2 is 1.32 bits per heavy atom. The number of ether oxygens (including phenoxy) is 4. The summed E-state index contributed by atoms with van der Waals surface area (Å²) in [5, 5.41) is 6.60. The minimum Gasteiger partial charge on any atom is -0.493 e. The van der Waals surface area contributed by atoms with Crippen molar-refractivity contribution >= 4 is 5.96 Å². The van der Waals surface area contributed by atoms with E-state index in [1.54, 1.807) is 35.5 Å². The van der Waals surface area contributed by atoms with Crippen LogP contribution in [0.1, 0.15) is 16.7 Å². The van der Waals surface area contributed by atoms with Gasteiger partial charge in [-0.3, -0.25) is 4.99 Å². The molecule has 0 unspecified atom stereocenters. The lowest BCUT2D eigenvalue weighted by atomic mass is 10.1. The van der Waals surface area contributed by atoms with Gasteiger partial charge in [-0.25, -0.2) is 0 Å². The van der Waals surface area contributed by atoms with Gasteiger partial charge in [-0.15, -0.1) is 0 Å². The molecule has 2 rings (SSSR count). The van der Waals surface area contributed by atoms with E-state index in [1.165, 1.54) is 0 Å². The fourth-order valence-corrected chi connectivity index (χ4v) is 2.75. The molecule has 0 radical (unpaired) electrons. The van der Waals surface area contributed by atoms with E-state index in [-0.39, 0.29) is 0 Å². The van der Waals surface area contributed by atoms with E-state index in [0.29, 0.717) is 42.9 Å². The van der Waals surface area contributed by atoms with Crippen LogP contribution < -0.4 is 24.8 Å². The van der Waals surface area contributed by atoms with E-state index in [1.807, 2.05) is 12.1 Å². The van der Waals surface area contributed by atoms with Crippen LogP contribution in [0.5, 0.6) is 17.2 Å². The van der Waals surface area contributed by atoms with Gasteiger partial charge in [-0.05, 0) is 28.8 Å². The van der Waals surface area contributed by atoms with Crippen molar-refractivity contribution in [2.45, 2.75) is 19.7 Å². The van der Waals surface area contributed by atoms with Crippen molar-refractivity contribution in [3.63, 3.8) is 0 Å². The van der Waals surface area contributed by atoms with E-state index in [0.717, 1.165) is 16.7 Å². The van der Waals surface area contributed by atoms with Crippen LogP contribution >= 0.6 is 0 Å². The van der Waals surface area contributed by atoms with E-state index in [4.69, 9.17) is 18.9 Å². The van der Waals surface area contributed by atoms with Gasteiger partial charge in [0.2, 0.25) is 5.75 Å². The van der Waals surface area contributed by atoms with E-state index in [2.05, 4.69) is 39.9 Å². The van der Waals surface area contributed by atoms with Crippen molar-refractivity contribution in [1.29, 1.82) is 0 Å². The van der Waals surface area contributed by atoms with Crippen LogP contribution in [-0.2, 0) is 24.4 Å². The summed E-state index contributed by atoms with van der Waals surface area (Å²) < 4.78 is 21.3. The third-order valence-electron chi connectivity index (χ3n) is 4.20. The number of aliphatic imine (C=N–C) groups is 1. The van der Waals surface area contributed by atoms with Crippen LogP contribution in [0.25, 0.3) is 0 Å². The first-order valence-electron chi connectivity index (χ1n) is 8.95. The van der Waals surface area contributed by atoms with Crippen LogP contribution in [0.15, 0.2) is 41.4 Å². The summed E-state index contributed by atoms with van der Waals surface area (Å²) in [5.41, 5.74) is 3.30. The molecule has 0 heterocycles. The molecule has 0 aromatic heterocycles. The van der Waals surface area contributed by atoms with Crippen molar-refractivity contribution in [2.24, 2.45) is 4.99 Å². The summed E-state index contributed by atoms with van der Waals surface area (Å²) >= 11 is 0. The van der Waals surface area contributed by atoms with Gasteiger partial charge in [0.25, 0.3) is 0 Å². The smallest absolute Gasteiger partial charge is 0.203 e. The Balaban J connectivity index is 1.96. The second-order valence-electron chi connectivity index (χ2n) is 6.06. The zero-order chi connectivity index (χ0) is 20.4. The predicted octanol–water partition coefficient (Wildman–Crippen LogP) is 2.72. The molecule has 0 aliphatic rings. The maximum atomic E-state index is 5.40. The zero-order valence-corrected chi connectivity index (χ0v) is 17.2. The SMILES string of the molecule is CN=C(NCc1ccc(COC)cc1)NCc1cc(OC)c(OC)c(OC)c1. The molecule has 0 saturated carbocycles. The van der Waals surface area contributed by atoms with Gasteiger partial charge in [0.05, 0.1) is 27.9 Å². The van der Waals surface area contributed by atoms with Crippen LogP contribution in [-0.4, -0.2) is 41.4 Å². The molecule has 0 spiro atoms. The molecule has 2 aromatic carbocycles. The summed E-state index contributed by atoms with van der Waals surface area (Å²) in [4.78, 5) is 4.27. The number of hydrogen-bond acceptors (Lipinski definition) is 5. The summed E-state index contributed by atoms with van der Waals surface area (Å²) in [6.07, 6.45) is 0. The number of rotatable bonds is 9. The van der Waals surface area contributed by atoms with Crippen molar-refractivity contribution in [2.75, 3.05) is 35.5 Å². The molecule has 0 fully saturated rings. The van der Waals surface area contributed by atoms with E-state index >= 15 is 0 Å².